The molecule has 3 aromatic rings. The van der Waals surface area contributed by atoms with Crippen LogP contribution in [0.15, 0.2) is 53.2 Å². The summed E-state index contributed by atoms with van der Waals surface area (Å²) in [7, 11) is 1.72. The van der Waals surface area contributed by atoms with Crippen LogP contribution in [0.5, 0.6) is 0 Å². The molecule has 256 valence electrons. The van der Waals surface area contributed by atoms with E-state index in [1.165, 1.54) is 34.4 Å². The van der Waals surface area contributed by atoms with Gasteiger partial charge in [0.2, 0.25) is 11.8 Å². The predicted octanol–water partition coefficient (Wildman–Crippen LogP) is 4.54. The molecule has 1 unspecified atom stereocenters. The maximum Gasteiger partial charge on any atom is 0.341 e. The van der Waals surface area contributed by atoms with Crippen LogP contribution >= 0.6 is 0 Å². The first-order valence-corrected chi connectivity index (χ1v) is 16.7. The number of anilines is 2. The maximum absolute atomic E-state index is 15.3. The van der Waals surface area contributed by atoms with Crippen LogP contribution in [0, 0.1) is 12.7 Å². The standard InChI is InChI=1S/C36H45FN6O5/c1-4-24-16-25(9-8-23(24)2)40-33(38-3)19-34(45)42(22-44)14-7-5-6-13-39-26-12-15-41(20-26)32-18-31-28(17-30(32)37)35(46)29(36(47)48)21-43(31)27-10-11-27/h8-9,16-19,21-22,26-27,38-40H,4-7,10-15,20H2,1-3H3,(H,47,48)/b33-19+. The molecule has 0 radical (unpaired) electrons. The van der Waals surface area contributed by atoms with E-state index in [4.69, 9.17) is 0 Å². The number of halogens is 1. The first-order chi connectivity index (χ1) is 23.1. The van der Waals surface area contributed by atoms with Gasteiger partial charge in [-0.15, -0.1) is 0 Å². The summed E-state index contributed by atoms with van der Waals surface area (Å²) in [5, 5.41) is 19.3. The van der Waals surface area contributed by atoms with Gasteiger partial charge in [-0.1, -0.05) is 19.4 Å². The van der Waals surface area contributed by atoms with Crippen molar-refractivity contribution in [1.29, 1.82) is 0 Å². The highest BCUT2D eigenvalue weighted by Crippen LogP contribution is 2.38. The molecule has 11 nitrogen and oxygen atoms in total. The molecule has 1 saturated heterocycles. The zero-order valence-electron chi connectivity index (χ0n) is 27.9. The maximum atomic E-state index is 15.3. The quantitative estimate of drug-likeness (QED) is 0.0992. The molecule has 12 heteroatoms. The van der Waals surface area contributed by atoms with Crippen molar-refractivity contribution in [3.8, 4) is 0 Å². The molecule has 1 saturated carbocycles. The summed E-state index contributed by atoms with van der Waals surface area (Å²) in [6, 6.07) is 9.19. The van der Waals surface area contributed by atoms with Gasteiger partial charge in [0.1, 0.15) is 17.2 Å². The van der Waals surface area contributed by atoms with E-state index in [0.29, 0.717) is 49.5 Å². The Bertz CT molecular complexity index is 1770. The van der Waals surface area contributed by atoms with E-state index in [2.05, 4.69) is 35.9 Å². The minimum atomic E-state index is -1.31. The van der Waals surface area contributed by atoms with Gasteiger partial charge in [-0.3, -0.25) is 19.3 Å². The highest BCUT2D eigenvalue weighted by molar-refractivity contribution is 5.95. The molecule has 0 bridgehead atoms. The number of aryl methyl sites for hydroxylation is 2. The minimum Gasteiger partial charge on any atom is -0.477 e. The molecule has 2 heterocycles. The van der Waals surface area contributed by atoms with E-state index < -0.39 is 23.1 Å². The molecule has 2 aliphatic rings. The second-order valence-corrected chi connectivity index (χ2v) is 12.6. The first-order valence-electron chi connectivity index (χ1n) is 16.7. The molecular weight excluding hydrogens is 615 g/mol. The summed E-state index contributed by atoms with van der Waals surface area (Å²) < 4.78 is 17.1. The average Bonchev–Trinajstić information content (AvgIpc) is 3.81. The van der Waals surface area contributed by atoms with Crippen molar-refractivity contribution in [2.75, 3.05) is 43.4 Å². The van der Waals surface area contributed by atoms with Crippen LogP contribution in [0.25, 0.3) is 10.9 Å². The van der Waals surface area contributed by atoms with Gasteiger partial charge in [0.25, 0.3) is 5.91 Å². The van der Waals surface area contributed by atoms with E-state index in [-0.39, 0.29) is 23.0 Å². The molecule has 1 atom stereocenters. The number of carbonyl (C=O) groups excluding carboxylic acids is 2. The number of fused-ring (bicyclic) bond motifs is 1. The Morgan fingerprint density at radius 3 is 2.60 bits per heavy atom. The largest absolute Gasteiger partial charge is 0.477 e. The van der Waals surface area contributed by atoms with Crippen LogP contribution in [-0.2, 0) is 16.0 Å². The number of aromatic nitrogens is 1. The first kappa shape index (κ1) is 34.6. The van der Waals surface area contributed by atoms with Gasteiger partial charge in [-0.05, 0) is 87.4 Å². The lowest BCUT2D eigenvalue weighted by molar-refractivity contribution is -0.134. The van der Waals surface area contributed by atoms with Crippen LogP contribution < -0.4 is 26.3 Å². The van der Waals surface area contributed by atoms with Crippen molar-refractivity contribution in [2.24, 2.45) is 0 Å². The van der Waals surface area contributed by atoms with E-state index in [1.54, 1.807) is 13.1 Å². The van der Waals surface area contributed by atoms with Gasteiger partial charge in [-0.25, -0.2) is 9.18 Å². The number of pyridine rings is 1. The number of imide groups is 1. The molecular formula is C36H45FN6O5. The number of carbonyl (C=O) groups is 3. The lowest BCUT2D eigenvalue weighted by atomic mass is 10.1. The van der Waals surface area contributed by atoms with E-state index in [9.17, 15) is 24.3 Å². The molecule has 48 heavy (non-hydrogen) atoms. The zero-order valence-corrected chi connectivity index (χ0v) is 27.9. The van der Waals surface area contributed by atoms with Crippen LogP contribution in [-0.4, -0.2) is 72.1 Å². The van der Waals surface area contributed by atoms with Gasteiger partial charge >= 0.3 is 5.97 Å². The summed E-state index contributed by atoms with van der Waals surface area (Å²) in [6.07, 6.45) is 9.22. The number of carboxylic acids is 1. The number of benzene rings is 2. The smallest absolute Gasteiger partial charge is 0.341 e. The fourth-order valence-electron chi connectivity index (χ4n) is 6.32. The van der Waals surface area contributed by atoms with Crippen molar-refractivity contribution in [3.63, 3.8) is 0 Å². The van der Waals surface area contributed by atoms with Gasteiger partial charge in [-0.2, -0.15) is 0 Å². The lowest BCUT2D eigenvalue weighted by Gasteiger charge is -2.22. The highest BCUT2D eigenvalue weighted by Gasteiger charge is 2.29. The van der Waals surface area contributed by atoms with Crippen LogP contribution in [0.1, 0.15) is 73.0 Å². The Hall–Kier alpha value is -4.71. The van der Waals surface area contributed by atoms with Gasteiger partial charge in [0, 0.05) is 62.1 Å². The molecule has 0 spiro atoms. The van der Waals surface area contributed by atoms with E-state index >= 15 is 4.39 Å². The second-order valence-electron chi connectivity index (χ2n) is 12.6. The Labute approximate surface area is 279 Å². The number of amides is 2. The SMILES string of the molecule is CCc1cc(N/C(=C/C(=O)N(C=O)CCCCCNC2CCN(c3cc4c(cc3F)c(=O)c(C(=O)O)cn4C3CC3)C2)NC)ccc1C. The van der Waals surface area contributed by atoms with Gasteiger partial charge in [0.05, 0.1) is 11.2 Å². The number of nitrogens with zero attached hydrogens (tertiary/aromatic N) is 3. The fourth-order valence-corrected chi connectivity index (χ4v) is 6.32. The number of aromatic carboxylic acids is 1. The Morgan fingerprint density at radius 2 is 1.92 bits per heavy atom. The van der Waals surface area contributed by atoms with Crippen molar-refractivity contribution in [1.82, 2.24) is 20.1 Å². The number of rotatable bonds is 16. The summed E-state index contributed by atoms with van der Waals surface area (Å²) in [5.74, 6) is -1.74. The number of carboxylic acid groups (broad SMARTS) is 1. The summed E-state index contributed by atoms with van der Waals surface area (Å²) in [5.41, 5.74) is 3.26. The van der Waals surface area contributed by atoms with Crippen LogP contribution in [0.2, 0.25) is 0 Å². The third-order valence-electron chi connectivity index (χ3n) is 9.27. The Balaban J connectivity index is 1.09. The number of nitrogens with one attached hydrogen (secondary N) is 3. The summed E-state index contributed by atoms with van der Waals surface area (Å²) >= 11 is 0. The summed E-state index contributed by atoms with van der Waals surface area (Å²) in [6.45, 7) is 6.48. The third kappa shape index (κ3) is 8.04. The lowest BCUT2D eigenvalue weighted by Crippen LogP contribution is -2.33. The molecule has 1 aromatic heterocycles. The highest BCUT2D eigenvalue weighted by atomic mass is 19.1. The topological polar surface area (TPSA) is 136 Å². The van der Waals surface area contributed by atoms with Crippen molar-refractivity contribution >= 4 is 40.6 Å². The fraction of sp³-hybridized carbons (Fsp3) is 0.444. The van der Waals surface area contributed by atoms with Gasteiger partial charge in [0.15, 0.2) is 0 Å². The summed E-state index contributed by atoms with van der Waals surface area (Å²) in [4.78, 5) is 52.1. The minimum absolute atomic E-state index is 0.0923. The van der Waals surface area contributed by atoms with Gasteiger partial charge < -0.3 is 30.5 Å². The van der Waals surface area contributed by atoms with E-state index in [0.717, 1.165) is 50.8 Å². The number of hydrogen-bond acceptors (Lipinski definition) is 8. The molecule has 1 aliphatic heterocycles. The van der Waals surface area contributed by atoms with E-state index in [1.807, 2.05) is 21.6 Å². The normalized spacial score (nSPS) is 16.3. The number of unbranched alkanes of at least 4 members (excludes halogenated alkanes) is 2. The second kappa shape index (κ2) is 15.5. The molecule has 5 rings (SSSR count). The molecule has 2 fully saturated rings. The molecule has 2 amide bonds. The van der Waals surface area contributed by atoms with Crippen molar-refractivity contribution in [2.45, 2.75) is 70.9 Å². The molecule has 1 aliphatic carbocycles. The van der Waals surface area contributed by atoms with Crippen LogP contribution in [0.3, 0.4) is 0 Å². The third-order valence-corrected chi connectivity index (χ3v) is 9.27. The molecule has 4 N–H and O–H groups in total. The monoisotopic (exact) mass is 660 g/mol. The van der Waals surface area contributed by atoms with Crippen molar-refractivity contribution < 1.29 is 23.9 Å². The Morgan fingerprint density at radius 1 is 1.12 bits per heavy atom. The van der Waals surface area contributed by atoms with Crippen LogP contribution in [0.4, 0.5) is 15.8 Å². The Kier molecular flexibility index (Phi) is 11.2. The zero-order chi connectivity index (χ0) is 34.4. The predicted molar refractivity (Wildman–Crippen MR) is 185 cm³/mol. The van der Waals surface area contributed by atoms with Crippen molar-refractivity contribution in [3.05, 3.63) is 81.2 Å². The number of hydrogen-bond donors (Lipinski definition) is 4. The molecule has 2 aromatic carbocycles. The average molecular weight is 661 g/mol.